The maximum absolute atomic E-state index is 13.7. The Kier molecular flexibility index (Phi) is 2.97. The molecule has 1 aromatic heterocycles. The van der Waals surface area contributed by atoms with Crippen LogP contribution in [0, 0.1) is 4.91 Å². The van der Waals surface area contributed by atoms with Gasteiger partial charge in [-0.15, -0.1) is 0 Å². The molecule has 0 fully saturated rings. The summed E-state index contributed by atoms with van der Waals surface area (Å²) in [7, 11) is 0. The molecule has 2 heterocycles. The molecule has 2 aliphatic rings. The third-order valence-corrected chi connectivity index (χ3v) is 4.60. The van der Waals surface area contributed by atoms with Gasteiger partial charge in [-0.3, -0.25) is 0 Å². The monoisotopic (exact) mass is 283 g/mol. The van der Waals surface area contributed by atoms with Gasteiger partial charge in [0, 0.05) is 16.3 Å². The van der Waals surface area contributed by atoms with Crippen LogP contribution in [0.5, 0.6) is 0 Å². The highest BCUT2D eigenvalue weighted by Gasteiger charge is 2.39. The molecule has 1 unspecified atom stereocenters. The van der Waals surface area contributed by atoms with E-state index in [9.17, 15) is 13.7 Å². The lowest BCUT2D eigenvalue weighted by atomic mass is 10.1. The summed E-state index contributed by atoms with van der Waals surface area (Å²) < 4.78 is 27.8. The third-order valence-electron chi connectivity index (χ3n) is 3.31. The molecule has 1 atom stereocenters. The molecule has 0 saturated carbocycles. The first kappa shape index (κ1) is 12.5. The number of alkyl halides is 1. The van der Waals surface area contributed by atoms with E-state index in [1.165, 1.54) is 11.3 Å². The van der Waals surface area contributed by atoms with Crippen LogP contribution < -0.4 is 5.32 Å². The summed E-state index contributed by atoms with van der Waals surface area (Å²) in [6, 6.07) is 1.95. The zero-order valence-corrected chi connectivity index (χ0v) is 11.2. The number of allylic oxidation sites excluding steroid dienone is 3. The standard InChI is InChI=1S/C13H13F2N2OS/c1-2-9-3-7-6-16-12-10(15)4-8(14)5-11(12)17(18)13(7)19-9/h3-4,8,16H,2,5-6H2,1H3/q+1. The average molecular weight is 283 g/mol. The van der Waals surface area contributed by atoms with Crippen LogP contribution in [0.4, 0.5) is 13.8 Å². The van der Waals surface area contributed by atoms with E-state index in [0.717, 1.165) is 22.9 Å². The fourth-order valence-corrected chi connectivity index (χ4v) is 3.40. The van der Waals surface area contributed by atoms with Crippen molar-refractivity contribution in [2.24, 2.45) is 0 Å². The maximum atomic E-state index is 13.7. The van der Waals surface area contributed by atoms with Gasteiger partial charge >= 0.3 is 5.00 Å². The van der Waals surface area contributed by atoms with Crippen molar-refractivity contribution in [3.8, 4) is 0 Å². The van der Waals surface area contributed by atoms with Crippen molar-refractivity contribution < 1.29 is 13.5 Å². The predicted molar refractivity (Wildman–Crippen MR) is 69.6 cm³/mol. The fraction of sp³-hybridized carbons (Fsp3) is 0.385. The number of nitroso groups, excluding NO2 is 1. The van der Waals surface area contributed by atoms with Crippen LogP contribution in [-0.2, 0) is 13.0 Å². The highest BCUT2D eigenvalue weighted by molar-refractivity contribution is 7.15. The van der Waals surface area contributed by atoms with Gasteiger partial charge in [0.15, 0.2) is 5.83 Å². The van der Waals surface area contributed by atoms with Gasteiger partial charge < -0.3 is 5.32 Å². The van der Waals surface area contributed by atoms with Crippen molar-refractivity contribution in [3.63, 3.8) is 0 Å². The van der Waals surface area contributed by atoms with Crippen molar-refractivity contribution in [1.29, 1.82) is 0 Å². The van der Waals surface area contributed by atoms with Crippen LogP contribution in [0.15, 0.2) is 29.4 Å². The summed E-state index contributed by atoms with van der Waals surface area (Å²) in [5.74, 6) is -0.680. The Balaban J connectivity index is 2.08. The van der Waals surface area contributed by atoms with Gasteiger partial charge in [0.05, 0.1) is 16.7 Å². The summed E-state index contributed by atoms with van der Waals surface area (Å²) in [5.41, 5.74) is 1.12. The lowest BCUT2D eigenvalue weighted by Gasteiger charge is -2.12. The van der Waals surface area contributed by atoms with E-state index < -0.39 is 12.0 Å². The summed E-state index contributed by atoms with van der Waals surface area (Å²) >= 11 is 1.39. The Labute approximate surface area is 113 Å². The molecule has 1 aliphatic carbocycles. The number of hydrogen-bond donors (Lipinski definition) is 1. The van der Waals surface area contributed by atoms with Crippen LogP contribution in [0.25, 0.3) is 0 Å². The van der Waals surface area contributed by atoms with Crippen LogP contribution in [0.3, 0.4) is 0 Å². The molecule has 0 saturated heterocycles. The number of halogens is 2. The second-order valence-corrected chi connectivity index (χ2v) is 5.72. The number of nitrogens with zero attached hydrogens (tertiary/aromatic N) is 1. The van der Waals surface area contributed by atoms with E-state index in [-0.39, 0.29) is 17.8 Å². The molecule has 100 valence electrons. The highest BCUT2D eigenvalue weighted by Crippen LogP contribution is 2.39. The van der Waals surface area contributed by atoms with E-state index >= 15 is 0 Å². The maximum Gasteiger partial charge on any atom is 0.323 e. The van der Waals surface area contributed by atoms with Crippen LogP contribution in [0.2, 0.25) is 0 Å². The number of rotatable bonds is 1. The molecule has 6 heteroatoms. The van der Waals surface area contributed by atoms with Gasteiger partial charge in [0.2, 0.25) is 0 Å². The topological polar surface area (TPSA) is 32.1 Å². The first-order chi connectivity index (χ1) is 9.10. The molecular formula is C13H13F2N2OS+. The van der Waals surface area contributed by atoms with E-state index in [2.05, 4.69) is 5.32 Å². The normalized spacial score (nSPS) is 22.4. The Hall–Kier alpha value is -1.56. The highest BCUT2D eigenvalue weighted by atomic mass is 32.1. The predicted octanol–water partition coefficient (Wildman–Crippen LogP) is 3.63. The molecule has 3 nitrogen and oxygen atoms in total. The Bertz CT molecular complexity index is 618. The third kappa shape index (κ3) is 2.00. The summed E-state index contributed by atoms with van der Waals surface area (Å²) in [5, 5.41) is 3.45. The molecule has 0 amide bonds. The summed E-state index contributed by atoms with van der Waals surface area (Å²) in [6.45, 7) is 2.40. The molecular weight excluding hydrogens is 270 g/mol. The lowest BCUT2D eigenvalue weighted by Crippen LogP contribution is -2.21. The second-order valence-electron chi connectivity index (χ2n) is 4.60. The molecule has 0 spiro atoms. The SMILES string of the molecule is CCc1cc2c(s1)[N+](=O)C1=C(NC2)C(F)=CC(F)C1. The summed E-state index contributed by atoms with van der Waals surface area (Å²) in [6.07, 6.45) is 0.232. The summed E-state index contributed by atoms with van der Waals surface area (Å²) in [4.78, 5) is 13.5. The molecule has 0 bridgehead atoms. The van der Waals surface area contributed by atoms with Gasteiger partial charge in [-0.05, 0) is 18.6 Å². The fourth-order valence-electron chi connectivity index (χ4n) is 2.35. The van der Waals surface area contributed by atoms with Crippen molar-refractivity contribution in [3.05, 3.63) is 44.7 Å². The minimum atomic E-state index is -1.44. The van der Waals surface area contributed by atoms with Crippen molar-refractivity contribution in [2.45, 2.75) is 32.5 Å². The van der Waals surface area contributed by atoms with Crippen molar-refractivity contribution in [1.82, 2.24) is 5.32 Å². The zero-order valence-electron chi connectivity index (χ0n) is 10.4. The van der Waals surface area contributed by atoms with Gasteiger partial charge in [0.1, 0.15) is 11.9 Å². The minimum Gasteiger partial charge on any atom is -0.373 e. The Morgan fingerprint density at radius 3 is 3.11 bits per heavy atom. The van der Waals surface area contributed by atoms with Crippen LogP contribution in [-0.4, -0.2) is 10.9 Å². The number of thiophene rings is 1. The number of fused-ring (bicyclic) bond motifs is 1. The quantitative estimate of drug-likeness (QED) is 0.798. The van der Waals surface area contributed by atoms with Gasteiger partial charge in [0.25, 0.3) is 5.70 Å². The van der Waals surface area contributed by atoms with E-state index in [1.807, 2.05) is 13.0 Å². The molecule has 1 aliphatic heterocycles. The Morgan fingerprint density at radius 1 is 1.58 bits per heavy atom. The van der Waals surface area contributed by atoms with Crippen molar-refractivity contribution in [2.75, 3.05) is 0 Å². The van der Waals surface area contributed by atoms with Gasteiger partial charge in [-0.1, -0.05) is 18.3 Å². The van der Waals surface area contributed by atoms with Crippen molar-refractivity contribution >= 4 is 16.3 Å². The molecule has 3 rings (SSSR count). The van der Waals surface area contributed by atoms with Gasteiger partial charge in [-0.25, -0.2) is 8.78 Å². The molecule has 1 N–H and O–H groups in total. The molecule has 1 aromatic rings. The van der Waals surface area contributed by atoms with E-state index in [4.69, 9.17) is 0 Å². The minimum absolute atomic E-state index is 0.0853. The van der Waals surface area contributed by atoms with E-state index in [1.54, 1.807) is 0 Å². The first-order valence-electron chi connectivity index (χ1n) is 6.17. The van der Waals surface area contributed by atoms with Crippen LogP contribution >= 0.6 is 11.3 Å². The number of hydrogen-bond acceptors (Lipinski definition) is 3. The average Bonchev–Trinajstić information content (AvgIpc) is 2.74. The number of nitrogens with one attached hydrogen (secondary N) is 1. The van der Waals surface area contributed by atoms with E-state index in [0.29, 0.717) is 16.3 Å². The zero-order chi connectivity index (χ0) is 13.6. The lowest BCUT2D eigenvalue weighted by molar-refractivity contribution is -0.408. The molecule has 0 aromatic carbocycles. The van der Waals surface area contributed by atoms with Gasteiger partial charge in [-0.2, -0.15) is 0 Å². The number of aryl methyl sites for hydroxylation is 1. The molecule has 19 heavy (non-hydrogen) atoms. The second kappa shape index (κ2) is 4.52. The first-order valence-corrected chi connectivity index (χ1v) is 6.99. The van der Waals surface area contributed by atoms with Crippen LogP contribution in [0.1, 0.15) is 23.8 Å². The molecule has 0 radical (unpaired) electrons. The smallest absolute Gasteiger partial charge is 0.323 e. The largest absolute Gasteiger partial charge is 0.373 e. The Morgan fingerprint density at radius 2 is 2.37 bits per heavy atom.